The maximum atomic E-state index is 10.0. The third-order valence-corrected chi connectivity index (χ3v) is 1.37. The van der Waals surface area contributed by atoms with Crippen LogP contribution in [0.3, 0.4) is 0 Å². The summed E-state index contributed by atoms with van der Waals surface area (Å²) >= 11 is 0. The molecule has 76 valence electrons. The van der Waals surface area contributed by atoms with Gasteiger partial charge >= 0.3 is 0 Å². The molecule has 1 heterocycles. The molecule has 0 aliphatic carbocycles. The van der Waals surface area contributed by atoms with Crippen LogP contribution >= 0.6 is 0 Å². The monoisotopic (exact) mass is 198 g/mol. The fourth-order valence-electron chi connectivity index (χ4n) is 0.902. The Labute approximate surface area is 79.8 Å². The Bertz CT molecular complexity index is 293. The van der Waals surface area contributed by atoms with Gasteiger partial charge in [-0.2, -0.15) is 0 Å². The number of hydrazine groups is 2. The lowest BCUT2D eigenvalue weighted by Crippen LogP contribution is -2.22. The van der Waals surface area contributed by atoms with Crippen LogP contribution in [0.2, 0.25) is 0 Å². The van der Waals surface area contributed by atoms with Crippen molar-refractivity contribution >= 4 is 24.4 Å². The summed E-state index contributed by atoms with van der Waals surface area (Å²) in [6.07, 6.45) is 0.952. The second-order valence-corrected chi connectivity index (χ2v) is 2.37. The molecule has 0 fully saturated rings. The van der Waals surface area contributed by atoms with Crippen molar-refractivity contribution in [2.75, 3.05) is 10.9 Å². The molecule has 0 saturated carbocycles. The number of nitrogens with one attached hydrogen (secondary N) is 4. The Balaban J connectivity index is 2.68. The molecule has 14 heavy (non-hydrogen) atoms. The third-order valence-electron chi connectivity index (χ3n) is 1.37. The first kappa shape index (κ1) is 9.90. The smallest absolute Gasteiger partial charge is 0.236 e. The second-order valence-electron chi connectivity index (χ2n) is 2.37. The van der Waals surface area contributed by atoms with E-state index in [0.29, 0.717) is 30.2 Å². The topological polar surface area (TPSA) is 95.4 Å². The van der Waals surface area contributed by atoms with Gasteiger partial charge in [-0.1, -0.05) is 0 Å². The average Bonchev–Trinajstić information content (AvgIpc) is 2.52. The number of anilines is 2. The quantitative estimate of drug-likeness (QED) is 0.373. The fraction of sp³-hybridized carbons (Fsp3) is 0.143. The van der Waals surface area contributed by atoms with Gasteiger partial charge in [0.2, 0.25) is 18.7 Å². The van der Waals surface area contributed by atoms with Crippen LogP contribution in [-0.4, -0.2) is 12.8 Å². The highest BCUT2D eigenvalue weighted by atomic mass is 16.4. The number of aryl methyl sites for hydroxylation is 1. The maximum Gasteiger partial charge on any atom is 0.236 e. The largest absolute Gasteiger partial charge is 0.442 e. The van der Waals surface area contributed by atoms with E-state index >= 15 is 0 Å². The minimum Gasteiger partial charge on any atom is -0.442 e. The highest BCUT2D eigenvalue weighted by Crippen LogP contribution is 2.24. The zero-order chi connectivity index (χ0) is 10.4. The fourth-order valence-corrected chi connectivity index (χ4v) is 0.902. The van der Waals surface area contributed by atoms with E-state index < -0.39 is 0 Å². The summed E-state index contributed by atoms with van der Waals surface area (Å²) in [7, 11) is 0. The number of hydrogen-bond acceptors (Lipinski definition) is 5. The van der Waals surface area contributed by atoms with Crippen LogP contribution < -0.4 is 21.7 Å². The number of amides is 2. The van der Waals surface area contributed by atoms with Crippen LogP contribution in [0.1, 0.15) is 5.76 Å². The average molecular weight is 198 g/mol. The Morgan fingerprint density at radius 1 is 1.21 bits per heavy atom. The summed E-state index contributed by atoms with van der Waals surface area (Å²) in [5, 5.41) is 0. The molecule has 4 N–H and O–H groups in total. The van der Waals surface area contributed by atoms with E-state index in [0.717, 1.165) is 0 Å². The molecule has 0 aromatic carbocycles. The molecular formula is C7H10N4O3. The van der Waals surface area contributed by atoms with Crippen molar-refractivity contribution in [1.29, 1.82) is 0 Å². The van der Waals surface area contributed by atoms with Crippen LogP contribution in [0.25, 0.3) is 0 Å². The first-order valence-corrected chi connectivity index (χ1v) is 3.78. The molecule has 2 amide bonds. The number of rotatable bonds is 6. The van der Waals surface area contributed by atoms with Gasteiger partial charge < -0.3 is 4.42 Å². The van der Waals surface area contributed by atoms with Gasteiger partial charge in [0.05, 0.1) is 0 Å². The van der Waals surface area contributed by atoms with E-state index in [9.17, 15) is 9.59 Å². The number of furan rings is 1. The molecule has 7 nitrogen and oxygen atoms in total. The highest BCUT2D eigenvalue weighted by Gasteiger charge is 2.07. The maximum absolute atomic E-state index is 10.0. The Hall–Kier alpha value is -2.18. The predicted octanol–water partition coefficient (Wildman–Crippen LogP) is -0.266. The minimum atomic E-state index is 0.309. The van der Waals surface area contributed by atoms with E-state index in [2.05, 4.69) is 21.7 Å². The van der Waals surface area contributed by atoms with Crippen molar-refractivity contribution in [2.24, 2.45) is 0 Å². The molecule has 0 aliphatic heterocycles. The van der Waals surface area contributed by atoms with Crippen LogP contribution in [0.5, 0.6) is 0 Å². The van der Waals surface area contributed by atoms with Gasteiger partial charge in [0.15, 0.2) is 0 Å². The second kappa shape index (κ2) is 4.75. The van der Waals surface area contributed by atoms with Crippen molar-refractivity contribution in [2.45, 2.75) is 6.92 Å². The van der Waals surface area contributed by atoms with E-state index in [1.807, 2.05) is 0 Å². The standard InChI is InChI=1S/C7H10N4O3/c1-5-2-6(10-8-3-12)7(14-5)11-9-4-13/h2-4,10-11H,1H3,(H,8,12)(H,9,13). The van der Waals surface area contributed by atoms with Crippen LogP contribution in [0, 0.1) is 6.92 Å². The van der Waals surface area contributed by atoms with Gasteiger partial charge in [-0.05, 0) is 6.92 Å². The first-order valence-electron chi connectivity index (χ1n) is 3.78. The van der Waals surface area contributed by atoms with Crippen molar-refractivity contribution in [1.82, 2.24) is 10.9 Å². The molecule has 0 radical (unpaired) electrons. The van der Waals surface area contributed by atoms with Crippen molar-refractivity contribution in [3.05, 3.63) is 11.8 Å². The van der Waals surface area contributed by atoms with Gasteiger partial charge in [0, 0.05) is 6.07 Å². The number of carbonyl (C=O) groups excluding carboxylic acids is 2. The minimum absolute atomic E-state index is 0.309. The summed E-state index contributed by atoms with van der Waals surface area (Å²) in [6, 6.07) is 1.66. The Morgan fingerprint density at radius 2 is 1.86 bits per heavy atom. The number of hydrogen-bond donors (Lipinski definition) is 4. The van der Waals surface area contributed by atoms with Crippen molar-refractivity contribution < 1.29 is 14.0 Å². The normalized spacial score (nSPS) is 8.93. The molecule has 0 atom stereocenters. The molecule has 1 aromatic heterocycles. The molecule has 0 unspecified atom stereocenters. The molecular weight excluding hydrogens is 188 g/mol. The van der Waals surface area contributed by atoms with Crippen LogP contribution in [0.4, 0.5) is 11.6 Å². The summed E-state index contributed by atoms with van der Waals surface area (Å²) in [4.78, 5) is 20.0. The third kappa shape index (κ3) is 2.41. The lowest BCUT2D eigenvalue weighted by atomic mass is 10.4. The molecule has 1 aromatic rings. The van der Waals surface area contributed by atoms with Crippen molar-refractivity contribution in [3.63, 3.8) is 0 Å². The Kier molecular flexibility index (Phi) is 3.36. The van der Waals surface area contributed by atoms with Gasteiger partial charge in [-0.15, -0.1) is 0 Å². The van der Waals surface area contributed by atoms with Gasteiger partial charge in [0.25, 0.3) is 0 Å². The first-order chi connectivity index (χ1) is 6.77. The summed E-state index contributed by atoms with van der Waals surface area (Å²) in [5.41, 5.74) is 10.0. The zero-order valence-electron chi connectivity index (χ0n) is 7.46. The van der Waals surface area contributed by atoms with Crippen molar-refractivity contribution in [3.8, 4) is 0 Å². The Morgan fingerprint density at radius 3 is 2.50 bits per heavy atom. The van der Waals surface area contributed by atoms with E-state index in [-0.39, 0.29) is 0 Å². The highest BCUT2D eigenvalue weighted by molar-refractivity contribution is 5.66. The molecule has 1 rings (SSSR count). The van der Waals surface area contributed by atoms with Gasteiger partial charge in [-0.3, -0.25) is 31.3 Å². The van der Waals surface area contributed by atoms with E-state index in [1.165, 1.54) is 0 Å². The summed E-state index contributed by atoms with van der Waals surface area (Å²) in [5.74, 6) is 0.944. The summed E-state index contributed by atoms with van der Waals surface area (Å²) < 4.78 is 5.16. The molecule has 0 bridgehead atoms. The number of carbonyl (C=O) groups is 2. The molecule has 0 spiro atoms. The van der Waals surface area contributed by atoms with Crippen LogP contribution in [0.15, 0.2) is 10.5 Å². The van der Waals surface area contributed by atoms with Gasteiger partial charge in [-0.25, -0.2) is 0 Å². The predicted molar refractivity (Wildman–Crippen MR) is 49.1 cm³/mol. The van der Waals surface area contributed by atoms with Crippen LogP contribution in [-0.2, 0) is 9.59 Å². The molecule has 0 saturated heterocycles. The van der Waals surface area contributed by atoms with Gasteiger partial charge in [0.1, 0.15) is 11.4 Å². The van der Waals surface area contributed by atoms with E-state index in [4.69, 9.17) is 4.42 Å². The summed E-state index contributed by atoms with van der Waals surface area (Å²) in [6.45, 7) is 1.73. The zero-order valence-corrected chi connectivity index (χ0v) is 7.46. The molecule has 0 aliphatic rings. The van der Waals surface area contributed by atoms with E-state index in [1.54, 1.807) is 13.0 Å². The lowest BCUT2D eigenvalue weighted by molar-refractivity contribution is -0.109. The lowest BCUT2D eigenvalue weighted by Gasteiger charge is -2.04. The molecule has 7 heteroatoms. The SMILES string of the molecule is Cc1cc(NNC=O)c(NNC=O)o1.